The van der Waals surface area contributed by atoms with E-state index >= 15 is 0 Å². The SMILES string of the molecule is c1ccc(-n2c3ccccc3c3cc(-c4cccc(-c5cccc6c5oc5ccccc56)c4)c4c5ccccc5n(-c5ccccc5)c4c32)cc1.c1ccc(-n2c3ccccc3c3cc(-c4cccc(-c5cccc6c5sc5ccccc56)c4)c4c5ccccc5n(-c5ccccc5)c4c32)cc1.c1ccc(-n2c3ccccc3c3cc(-n4c5ccccc5c5ccc6c7ccccc7n(-c7ccccc7)c6c54)ccc32)cc1. The molecule has 0 aliphatic rings. The standard InChI is InChI=1S/C48H30N2O.C48H30N2S.C42H27N3/c2*1-3-17-33(18-4-1)49-42-26-10-7-21-36(42)41-30-40(45-39-23-8-11-27-43(39)50(47(45)46(41)49)34-19-5-2-6-20-34)32-16-13-15-31(29-32)35-24-14-25-38-37-22-9-12-28-44(37)51-48(35)38;1-3-13-28(14-4-1)43-37-20-10-9-19-33(37)36-27-30(23-26-40(36)43)45-39-22-12-8-18-32(39)35-25-24-34-31-17-7-11-21-38(31)44(41(34)42(35)45)29-15-5-2-6-16-29/h2*1-30H;1-27H. The Morgan fingerprint density at radius 3 is 0.884 bits per heavy atom. The quantitative estimate of drug-likeness (QED) is 0.127. The fourth-order valence-corrected chi connectivity index (χ4v) is 25.5. The molecule has 0 aliphatic carbocycles. The lowest BCUT2D eigenvalue weighted by molar-refractivity contribution is 0.670. The van der Waals surface area contributed by atoms with Gasteiger partial charge in [-0.2, -0.15) is 0 Å². The first-order valence-electron chi connectivity index (χ1n) is 50.4. The summed E-state index contributed by atoms with van der Waals surface area (Å²) >= 11 is 1.89. The molecule has 9 aromatic heterocycles. The number of hydrogen-bond donors (Lipinski definition) is 0. The van der Waals surface area contributed by atoms with Crippen LogP contribution in [0.1, 0.15) is 0 Å². The normalized spacial score (nSPS) is 11.9. The molecule has 0 saturated carbocycles. The van der Waals surface area contributed by atoms with Crippen LogP contribution in [0, 0.1) is 0 Å². The second-order valence-electron chi connectivity index (χ2n) is 38.4. The van der Waals surface area contributed by atoms with Crippen molar-refractivity contribution in [2.24, 2.45) is 0 Å². The van der Waals surface area contributed by atoms with Crippen LogP contribution in [0.15, 0.2) is 532 Å². The molecule has 32 rings (SSSR count). The van der Waals surface area contributed by atoms with Crippen LogP contribution in [0.4, 0.5) is 0 Å². The molecule has 9 heterocycles. The summed E-state index contributed by atoms with van der Waals surface area (Å²) in [5.41, 5.74) is 36.3. The van der Waals surface area contributed by atoms with Crippen LogP contribution in [0.3, 0.4) is 0 Å². The molecule has 0 atom stereocenters. The molecule has 0 spiro atoms. The lowest BCUT2D eigenvalue weighted by Gasteiger charge is -2.14. The van der Waals surface area contributed by atoms with Crippen molar-refractivity contribution < 1.29 is 4.42 Å². The second kappa shape index (κ2) is 33.7. The zero-order chi connectivity index (χ0) is 96.4. The van der Waals surface area contributed by atoms with Gasteiger partial charge in [-0.15, -0.1) is 11.3 Å². The Morgan fingerprint density at radius 1 is 0.150 bits per heavy atom. The van der Waals surface area contributed by atoms with Gasteiger partial charge in [0.25, 0.3) is 0 Å². The molecule has 0 saturated heterocycles. The van der Waals surface area contributed by atoms with Crippen molar-refractivity contribution in [3.8, 4) is 84.3 Å². The Morgan fingerprint density at radius 2 is 0.442 bits per heavy atom. The van der Waals surface area contributed by atoms with Gasteiger partial charge in [0, 0.05) is 152 Å². The van der Waals surface area contributed by atoms with E-state index in [-0.39, 0.29) is 0 Å². The van der Waals surface area contributed by atoms with Crippen LogP contribution in [0.5, 0.6) is 0 Å². The van der Waals surface area contributed by atoms with Gasteiger partial charge in [0.1, 0.15) is 11.2 Å². The van der Waals surface area contributed by atoms with Gasteiger partial charge < -0.3 is 36.4 Å². The van der Waals surface area contributed by atoms with E-state index in [1.807, 2.05) is 17.4 Å². The van der Waals surface area contributed by atoms with E-state index in [0.29, 0.717) is 0 Å². The summed E-state index contributed by atoms with van der Waals surface area (Å²) < 4.78 is 26.4. The lowest BCUT2D eigenvalue weighted by Crippen LogP contribution is -1.99. The monoisotopic (exact) mass is 1890 g/mol. The third-order valence-corrected chi connectivity index (χ3v) is 31.6. The molecular weight excluding hydrogens is 1800 g/mol. The number of furan rings is 1. The van der Waals surface area contributed by atoms with E-state index < -0.39 is 0 Å². The van der Waals surface area contributed by atoms with Gasteiger partial charge in [0.05, 0.1) is 77.2 Å². The Labute approximate surface area is 848 Å². The van der Waals surface area contributed by atoms with Crippen LogP contribution < -0.4 is 0 Å². The van der Waals surface area contributed by atoms with Crippen molar-refractivity contribution in [2.45, 2.75) is 0 Å². The van der Waals surface area contributed by atoms with Crippen molar-refractivity contribution in [1.82, 2.24) is 32.0 Å². The highest BCUT2D eigenvalue weighted by Gasteiger charge is 2.30. The van der Waals surface area contributed by atoms with Crippen molar-refractivity contribution in [2.75, 3.05) is 0 Å². The minimum Gasteiger partial charge on any atom is -0.455 e. The van der Waals surface area contributed by atoms with Crippen molar-refractivity contribution >= 4 is 206 Å². The van der Waals surface area contributed by atoms with Gasteiger partial charge in [0.15, 0.2) is 0 Å². The Bertz CT molecular complexity index is 10500. The summed E-state index contributed by atoms with van der Waals surface area (Å²) in [7, 11) is 0. The van der Waals surface area contributed by atoms with E-state index in [2.05, 4.69) is 554 Å². The number of rotatable bonds is 11. The Kier molecular flexibility index (Phi) is 19.1. The highest BCUT2D eigenvalue weighted by atomic mass is 32.1. The van der Waals surface area contributed by atoms with Gasteiger partial charge in [-0.3, -0.25) is 0 Å². The maximum Gasteiger partial charge on any atom is 0.143 e. The largest absolute Gasteiger partial charge is 0.455 e. The predicted molar refractivity (Wildman–Crippen MR) is 622 cm³/mol. The molecule has 32 aromatic rings. The molecule has 0 unspecified atom stereocenters. The van der Waals surface area contributed by atoms with Crippen LogP contribution in [-0.4, -0.2) is 32.0 Å². The highest BCUT2D eigenvalue weighted by molar-refractivity contribution is 7.26. The molecule has 0 fully saturated rings. The molecule has 0 bridgehead atoms. The van der Waals surface area contributed by atoms with Crippen LogP contribution in [0.2, 0.25) is 0 Å². The van der Waals surface area contributed by atoms with Gasteiger partial charge in [-0.05, 0) is 209 Å². The van der Waals surface area contributed by atoms with E-state index in [1.165, 1.54) is 212 Å². The summed E-state index contributed by atoms with van der Waals surface area (Å²) in [6.45, 7) is 0. The van der Waals surface area contributed by atoms with Gasteiger partial charge in [-0.25, -0.2) is 0 Å². The topological polar surface area (TPSA) is 47.6 Å². The van der Waals surface area contributed by atoms with Crippen molar-refractivity contribution in [3.63, 3.8) is 0 Å². The fraction of sp³-hybridized carbons (Fsp3) is 0. The zero-order valence-electron chi connectivity index (χ0n) is 79.7. The Balaban J connectivity index is 0.000000102. The number of fused-ring (bicyclic) bond motifs is 30. The number of para-hydroxylation sites is 15. The third-order valence-electron chi connectivity index (χ3n) is 30.4. The lowest BCUT2D eigenvalue weighted by atomic mass is 9.93. The number of aromatic nitrogens is 7. The summed E-state index contributed by atoms with van der Waals surface area (Å²) in [4.78, 5) is 0. The fourth-order valence-electron chi connectivity index (χ4n) is 24.3. The smallest absolute Gasteiger partial charge is 0.143 e. The molecular formula is C138H87N7OS. The number of nitrogens with zero attached hydrogens (tertiary/aromatic N) is 7. The van der Waals surface area contributed by atoms with Gasteiger partial charge >= 0.3 is 0 Å². The number of thiophene rings is 1. The second-order valence-corrected chi connectivity index (χ2v) is 39.4. The van der Waals surface area contributed by atoms with Crippen LogP contribution in [0.25, 0.3) is 279 Å². The molecule has 0 N–H and O–H groups in total. The minimum atomic E-state index is 0.909. The molecule has 686 valence electrons. The summed E-state index contributed by atoms with van der Waals surface area (Å²) in [6.07, 6.45) is 0. The number of benzene rings is 23. The molecule has 23 aromatic carbocycles. The average Bonchev–Trinajstić information content (AvgIpc) is 1.54. The average molecular weight is 1890 g/mol. The molecule has 0 radical (unpaired) electrons. The maximum atomic E-state index is 6.51. The van der Waals surface area contributed by atoms with Crippen molar-refractivity contribution in [1.29, 1.82) is 0 Å². The first kappa shape index (κ1) is 83.5. The van der Waals surface area contributed by atoms with Crippen LogP contribution >= 0.6 is 11.3 Å². The molecule has 8 nitrogen and oxygen atoms in total. The summed E-state index contributed by atoms with van der Waals surface area (Å²) in [5, 5.41) is 22.4. The maximum absolute atomic E-state index is 6.51. The first-order valence-corrected chi connectivity index (χ1v) is 51.2. The van der Waals surface area contributed by atoms with Crippen molar-refractivity contribution in [3.05, 3.63) is 528 Å². The van der Waals surface area contributed by atoms with E-state index in [4.69, 9.17) is 4.42 Å². The first-order chi connectivity index (χ1) is 73.0. The predicted octanol–water partition coefficient (Wildman–Crippen LogP) is 37.7. The molecule has 0 amide bonds. The van der Waals surface area contributed by atoms with Gasteiger partial charge in [-0.1, -0.05) is 358 Å². The third kappa shape index (κ3) is 13.0. The minimum absolute atomic E-state index is 0.909. The van der Waals surface area contributed by atoms with E-state index in [1.54, 1.807) is 0 Å². The van der Waals surface area contributed by atoms with E-state index in [9.17, 15) is 0 Å². The molecule has 0 aliphatic heterocycles. The summed E-state index contributed by atoms with van der Waals surface area (Å²) in [5.74, 6) is 0. The van der Waals surface area contributed by atoms with E-state index in [0.717, 1.165) is 67.2 Å². The highest BCUT2D eigenvalue weighted by Crippen LogP contribution is 2.53. The zero-order valence-corrected chi connectivity index (χ0v) is 80.5. The van der Waals surface area contributed by atoms with Gasteiger partial charge in [0.2, 0.25) is 0 Å². The molecule has 9 heteroatoms. The summed E-state index contributed by atoms with van der Waals surface area (Å²) in [6, 6.07) is 191. The number of hydrogen-bond acceptors (Lipinski definition) is 2. The Hall–Kier alpha value is -19.3. The molecule has 147 heavy (non-hydrogen) atoms. The van der Waals surface area contributed by atoms with Crippen LogP contribution in [-0.2, 0) is 0 Å².